The lowest BCUT2D eigenvalue weighted by Gasteiger charge is -2.13. The number of benzene rings is 2. The average Bonchev–Trinajstić information content (AvgIpc) is 3.31. The second-order valence-corrected chi connectivity index (χ2v) is 7.44. The van der Waals surface area contributed by atoms with Gasteiger partial charge in [-0.3, -0.25) is 0 Å². The van der Waals surface area contributed by atoms with E-state index in [9.17, 15) is 0 Å². The van der Waals surface area contributed by atoms with Crippen LogP contribution in [0.3, 0.4) is 0 Å². The number of ether oxygens (including phenoxy) is 1. The van der Waals surface area contributed by atoms with Crippen molar-refractivity contribution < 1.29 is 4.74 Å². The fourth-order valence-electron chi connectivity index (χ4n) is 2.97. The first-order chi connectivity index (χ1) is 11.7. The predicted molar refractivity (Wildman–Crippen MR) is 103 cm³/mol. The molecule has 0 bridgehead atoms. The summed E-state index contributed by atoms with van der Waals surface area (Å²) in [5.74, 6) is 2.40. The summed E-state index contributed by atoms with van der Waals surface area (Å²) in [6, 6.07) is 17.5. The van der Waals surface area contributed by atoms with Crippen molar-refractivity contribution in [3.05, 3.63) is 65.7 Å². The molecule has 0 spiro atoms. The van der Waals surface area contributed by atoms with Gasteiger partial charge in [0.15, 0.2) is 0 Å². The molecule has 0 N–H and O–H groups in total. The second-order valence-electron chi connectivity index (χ2n) is 6.52. The zero-order valence-corrected chi connectivity index (χ0v) is 15.6. The van der Waals surface area contributed by atoms with Gasteiger partial charge in [0.1, 0.15) is 5.75 Å². The van der Waals surface area contributed by atoms with Crippen LogP contribution in [0.5, 0.6) is 5.75 Å². The van der Waals surface area contributed by atoms with Crippen LogP contribution in [-0.2, 0) is 0 Å². The van der Waals surface area contributed by atoms with Crippen LogP contribution in [0.2, 0.25) is 0 Å². The molecule has 0 aliphatic heterocycles. The Bertz CT molecular complexity index is 682. The molecule has 0 amide bonds. The Kier molecular flexibility index (Phi) is 5.75. The number of hydrogen-bond acceptors (Lipinski definition) is 2. The van der Waals surface area contributed by atoms with E-state index in [1.807, 2.05) is 30.3 Å². The van der Waals surface area contributed by atoms with Crippen molar-refractivity contribution >= 4 is 15.9 Å². The highest BCUT2D eigenvalue weighted by Gasteiger charge is 2.37. The van der Waals surface area contributed by atoms with Crippen LogP contribution in [-0.4, -0.2) is 31.6 Å². The minimum Gasteiger partial charge on any atom is -0.493 e. The van der Waals surface area contributed by atoms with Crippen molar-refractivity contribution in [2.24, 2.45) is 11.8 Å². The Labute approximate surface area is 153 Å². The van der Waals surface area contributed by atoms with Gasteiger partial charge in [0.25, 0.3) is 0 Å². The van der Waals surface area contributed by atoms with E-state index in [2.05, 4.69) is 58.7 Å². The van der Waals surface area contributed by atoms with Gasteiger partial charge >= 0.3 is 0 Å². The zero-order chi connectivity index (χ0) is 16.9. The van der Waals surface area contributed by atoms with Crippen LogP contribution < -0.4 is 4.74 Å². The number of hydrogen-bond donors (Lipinski definition) is 0. The quantitative estimate of drug-likeness (QED) is 0.590. The van der Waals surface area contributed by atoms with E-state index in [1.165, 1.54) is 6.42 Å². The van der Waals surface area contributed by atoms with E-state index in [0.29, 0.717) is 5.92 Å². The van der Waals surface area contributed by atoms with Crippen LogP contribution in [0.4, 0.5) is 0 Å². The summed E-state index contributed by atoms with van der Waals surface area (Å²) in [6.07, 6.45) is 3.23. The van der Waals surface area contributed by atoms with Crippen LogP contribution in [0, 0.1) is 17.9 Å². The molecule has 1 aliphatic rings. The van der Waals surface area contributed by atoms with Gasteiger partial charge in [0.05, 0.1) is 6.61 Å². The van der Waals surface area contributed by atoms with Gasteiger partial charge in [-0.25, -0.2) is 0 Å². The first-order valence-electron chi connectivity index (χ1n) is 8.35. The summed E-state index contributed by atoms with van der Waals surface area (Å²) < 4.78 is 7.03. The fraction of sp³-hybridized carbons (Fsp3) is 0.333. The summed E-state index contributed by atoms with van der Waals surface area (Å²) in [5.41, 5.74) is 2.24. The molecular formula is C21H23BrNO. The van der Waals surface area contributed by atoms with Crippen LogP contribution in [0.15, 0.2) is 59.6 Å². The number of rotatable bonds is 8. The molecule has 2 atom stereocenters. The van der Waals surface area contributed by atoms with E-state index in [4.69, 9.17) is 4.74 Å². The molecule has 0 heterocycles. The number of halogens is 1. The van der Waals surface area contributed by atoms with Gasteiger partial charge in [-0.2, -0.15) is 0 Å². The Balaban J connectivity index is 1.48. The monoisotopic (exact) mass is 384 g/mol. The third-order valence-corrected chi connectivity index (χ3v) is 4.94. The molecule has 0 aromatic heterocycles. The number of nitrogens with zero attached hydrogens (tertiary/aromatic N) is 1. The Morgan fingerprint density at radius 1 is 1.29 bits per heavy atom. The molecular weight excluding hydrogens is 362 g/mol. The molecule has 0 saturated heterocycles. The molecule has 2 nitrogen and oxygen atoms in total. The molecule has 24 heavy (non-hydrogen) atoms. The van der Waals surface area contributed by atoms with Crippen LogP contribution >= 0.6 is 15.9 Å². The van der Waals surface area contributed by atoms with E-state index in [1.54, 1.807) is 0 Å². The minimum absolute atomic E-state index is 0.690. The van der Waals surface area contributed by atoms with Gasteiger partial charge in [-0.1, -0.05) is 40.2 Å². The van der Waals surface area contributed by atoms with Crippen LogP contribution in [0.1, 0.15) is 6.42 Å². The highest BCUT2D eigenvalue weighted by Crippen LogP contribution is 2.39. The van der Waals surface area contributed by atoms with Gasteiger partial charge in [0.2, 0.25) is 0 Å². The highest BCUT2D eigenvalue weighted by molar-refractivity contribution is 9.10. The lowest BCUT2D eigenvalue weighted by Crippen LogP contribution is -2.21. The Morgan fingerprint density at radius 2 is 2.08 bits per heavy atom. The molecule has 3 rings (SSSR count). The van der Waals surface area contributed by atoms with Crippen molar-refractivity contribution in [3.8, 4) is 16.9 Å². The maximum Gasteiger partial charge on any atom is 0.119 e. The summed E-state index contributed by atoms with van der Waals surface area (Å²) in [7, 11) is 2.15. The van der Waals surface area contributed by atoms with Crippen molar-refractivity contribution in [1.29, 1.82) is 0 Å². The summed E-state index contributed by atoms with van der Waals surface area (Å²) in [6.45, 7) is 6.69. The molecule has 1 fully saturated rings. The van der Waals surface area contributed by atoms with Crippen molar-refractivity contribution in [1.82, 2.24) is 4.90 Å². The average molecular weight is 385 g/mol. The zero-order valence-electron chi connectivity index (χ0n) is 14.0. The molecule has 1 aliphatic carbocycles. The maximum absolute atomic E-state index is 5.96. The largest absolute Gasteiger partial charge is 0.493 e. The first-order valence-corrected chi connectivity index (χ1v) is 9.15. The Morgan fingerprint density at radius 3 is 2.79 bits per heavy atom. The van der Waals surface area contributed by atoms with Gasteiger partial charge in [-0.15, -0.1) is 6.58 Å². The predicted octanol–water partition coefficient (Wildman–Crippen LogP) is 5.05. The topological polar surface area (TPSA) is 12.5 Å². The third kappa shape index (κ3) is 4.71. The molecule has 1 saturated carbocycles. The molecule has 2 aromatic rings. The van der Waals surface area contributed by atoms with E-state index < -0.39 is 0 Å². The Hall–Kier alpha value is -1.58. The van der Waals surface area contributed by atoms with E-state index in [0.717, 1.165) is 47.0 Å². The first kappa shape index (κ1) is 17.2. The molecule has 1 radical (unpaired) electrons. The smallest absolute Gasteiger partial charge is 0.119 e. The summed E-state index contributed by atoms with van der Waals surface area (Å²) in [5, 5.41) is 0. The van der Waals surface area contributed by atoms with E-state index >= 15 is 0 Å². The molecule has 2 aromatic carbocycles. The summed E-state index contributed by atoms with van der Waals surface area (Å²) in [4.78, 5) is 2.32. The van der Waals surface area contributed by atoms with Crippen LogP contribution in [0.25, 0.3) is 11.1 Å². The van der Waals surface area contributed by atoms with E-state index in [-0.39, 0.29) is 0 Å². The molecule has 2 unspecified atom stereocenters. The molecule has 125 valence electrons. The highest BCUT2D eigenvalue weighted by atomic mass is 79.9. The normalized spacial score (nSPS) is 19.3. The second kappa shape index (κ2) is 8.00. The minimum atomic E-state index is 0.690. The van der Waals surface area contributed by atoms with Gasteiger partial charge < -0.3 is 9.64 Å². The summed E-state index contributed by atoms with van der Waals surface area (Å²) >= 11 is 3.50. The van der Waals surface area contributed by atoms with Gasteiger partial charge in [0, 0.05) is 17.6 Å². The lowest BCUT2D eigenvalue weighted by molar-refractivity contribution is 0.276. The molecule has 3 heteroatoms. The lowest BCUT2D eigenvalue weighted by atomic mass is 10.1. The third-order valence-electron chi connectivity index (χ3n) is 4.45. The van der Waals surface area contributed by atoms with Crippen molar-refractivity contribution in [2.45, 2.75) is 6.42 Å². The van der Waals surface area contributed by atoms with Gasteiger partial charge in [-0.05, 0) is 66.8 Å². The maximum atomic E-state index is 5.96. The SMILES string of the molecule is C=CCN(C)CC1CC1COc1ccc(-c2[c]ccc(Br)c2)cc1. The van der Waals surface area contributed by atoms with Crippen molar-refractivity contribution in [2.75, 3.05) is 26.7 Å². The standard InChI is InChI=1S/C21H23BrNO/c1-3-11-23(2)14-18-12-19(18)15-24-21-9-7-16(8-10-21)17-5-4-6-20(22)13-17/h3-4,6-10,13,18-19H,1,11-12,14-15H2,2H3. The number of likely N-dealkylation sites (N-methyl/N-ethyl adjacent to an activating group) is 1. The fourth-order valence-corrected chi connectivity index (χ4v) is 3.33. The van der Waals surface area contributed by atoms with Crippen molar-refractivity contribution in [3.63, 3.8) is 0 Å².